The molecule has 0 spiro atoms. The average Bonchev–Trinajstić information content (AvgIpc) is 2.79. The number of hydrogen-bond donors (Lipinski definition) is 0. The molecule has 0 radical (unpaired) electrons. The molecule has 0 bridgehead atoms. The molecular weight excluding hydrogens is 400 g/mol. The predicted molar refractivity (Wildman–Crippen MR) is 131 cm³/mol. The van der Waals surface area contributed by atoms with Crippen molar-refractivity contribution in [3.8, 4) is 0 Å². The SMILES string of the molecule is CC(C)[C@@H]1CC[C@@H](C)C[C@H]1OC(=O)[C@@H]1CSC(c2ccccc2)=C[C@@H]1c1ccccc1. The number of rotatable bonds is 5. The second-order valence-corrected chi connectivity index (χ2v) is 10.6. The molecule has 1 aliphatic carbocycles. The molecule has 0 unspecified atom stereocenters. The molecule has 2 aliphatic rings. The zero-order chi connectivity index (χ0) is 21.8. The molecule has 1 heterocycles. The Morgan fingerprint density at radius 1 is 1.00 bits per heavy atom. The number of hydrogen-bond acceptors (Lipinski definition) is 3. The van der Waals surface area contributed by atoms with Crippen molar-refractivity contribution in [2.45, 2.75) is 52.1 Å². The van der Waals surface area contributed by atoms with Crippen molar-refractivity contribution in [3.05, 3.63) is 77.9 Å². The second-order valence-electron chi connectivity index (χ2n) is 9.55. The summed E-state index contributed by atoms with van der Waals surface area (Å²) in [7, 11) is 0. The van der Waals surface area contributed by atoms with Gasteiger partial charge < -0.3 is 4.74 Å². The van der Waals surface area contributed by atoms with Crippen molar-refractivity contribution in [3.63, 3.8) is 0 Å². The van der Waals surface area contributed by atoms with E-state index in [0.29, 0.717) is 17.8 Å². The van der Waals surface area contributed by atoms with E-state index >= 15 is 0 Å². The maximum absolute atomic E-state index is 13.5. The highest BCUT2D eigenvalue weighted by Crippen LogP contribution is 2.44. The fraction of sp³-hybridized carbons (Fsp3) is 0.464. The van der Waals surface area contributed by atoms with Crippen LogP contribution in [0.4, 0.5) is 0 Å². The molecule has 1 aliphatic heterocycles. The minimum atomic E-state index is -0.148. The first-order valence-corrected chi connectivity index (χ1v) is 12.7. The molecule has 0 amide bonds. The first kappa shape index (κ1) is 22.2. The van der Waals surface area contributed by atoms with Crippen LogP contribution < -0.4 is 0 Å². The van der Waals surface area contributed by atoms with E-state index in [1.807, 2.05) is 12.1 Å². The Labute approximate surface area is 191 Å². The normalized spacial score (nSPS) is 28.8. The first-order chi connectivity index (χ1) is 15.0. The van der Waals surface area contributed by atoms with Gasteiger partial charge in [0.2, 0.25) is 0 Å². The summed E-state index contributed by atoms with van der Waals surface area (Å²) in [4.78, 5) is 14.8. The van der Waals surface area contributed by atoms with Gasteiger partial charge >= 0.3 is 5.97 Å². The smallest absolute Gasteiger partial charge is 0.311 e. The van der Waals surface area contributed by atoms with Gasteiger partial charge in [-0.2, -0.15) is 0 Å². The molecule has 3 heteroatoms. The summed E-state index contributed by atoms with van der Waals surface area (Å²) >= 11 is 1.78. The van der Waals surface area contributed by atoms with Crippen LogP contribution in [0.3, 0.4) is 0 Å². The number of carbonyl (C=O) groups excluding carboxylic acids is 1. The van der Waals surface area contributed by atoms with Crippen LogP contribution in [-0.4, -0.2) is 17.8 Å². The van der Waals surface area contributed by atoms with Gasteiger partial charge in [-0.1, -0.05) is 93.9 Å². The molecule has 2 aromatic rings. The Bertz CT molecular complexity index is 890. The van der Waals surface area contributed by atoms with Crippen molar-refractivity contribution in [2.24, 2.45) is 23.7 Å². The molecule has 31 heavy (non-hydrogen) atoms. The Kier molecular flexibility index (Phi) is 7.22. The van der Waals surface area contributed by atoms with Gasteiger partial charge in [0.15, 0.2) is 0 Å². The Morgan fingerprint density at radius 3 is 2.35 bits per heavy atom. The van der Waals surface area contributed by atoms with E-state index in [4.69, 9.17) is 4.74 Å². The van der Waals surface area contributed by atoms with Gasteiger partial charge in [-0.25, -0.2) is 0 Å². The lowest BCUT2D eigenvalue weighted by Crippen LogP contribution is -2.39. The van der Waals surface area contributed by atoms with E-state index in [0.717, 1.165) is 18.6 Å². The predicted octanol–water partition coefficient (Wildman–Crippen LogP) is 7.18. The maximum atomic E-state index is 13.5. The molecule has 0 aromatic heterocycles. The quantitative estimate of drug-likeness (QED) is 0.466. The average molecular weight is 435 g/mol. The van der Waals surface area contributed by atoms with E-state index in [9.17, 15) is 4.79 Å². The fourth-order valence-corrected chi connectivity index (χ4v) is 6.35. The lowest BCUT2D eigenvalue weighted by atomic mass is 9.75. The van der Waals surface area contributed by atoms with Gasteiger partial charge in [-0.05, 0) is 41.7 Å². The molecule has 2 nitrogen and oxygen atoms in total. The van der Waals surface area contributed by atoms with Gasteiger partial charge in [0.25, 0.3) is 0 Å². The third-order valence-corrected chi connectivity index (χ3v) is 8.17. The fourth-order valence-electron chi connectivity index (χ4n) is 5.10. The van der Waals surface area contributed by atoms with Gasteiger partial charge in [-0.15, -0.1) is 11.8 Å². The molecule has 1 saturated carbocycles. The topological polar surface area (TPSA) is 26.3 Å². The van der Waals surface area contributed by atoms with Crippen LogP contribution in [0.15, 0.2) is 66.7 Å². The molecule has 1 fully saturated rings. The molecule has 164 valence electrons. The van der Waals surface area contributed by atoms with Crippen LogP contribution in [0, 0.1) is 23.7 Å². The van der Waals surface area contributed by atoms with Crippen molar-refractivity contribution >= 4 is 22.6 Å². The highest BCUT2D eigenvalue weighted by Gasteiger charge is 2.38. The summed E-state index contributed by atoms with van der Waals surface area (Å²) in [6.07, 6.45) is 5.74. The second kappa shape index (κ2) is 10.1. The van der Waals surface area contributed by atoms with Crippen LogP contribution in [0.2, 0.25) is 0 Å². The van der Waals surface area contributed by atoms with E-state index in [2.05, 4.69) is 75.4 Å². The monoisotopic (exact) mass is 434 g/mol. The number of allylic oxidation sites excluding steroid dienone is 1. The minimum Gasteiger partial charge on any atom is -0.462 e. The van der Waals surface area contributed by atoms with Crippen LogP contribution in [0.25, 0.3) is 4.91 Å². The van der Waals surface area contributed by atoms with Crippen molar-refractivity contribution in [2.75, 3.05) is 5.75 Å². The highest BCUT2D eigenvalue weighted by atomic mass is 32.2. The highest BCUT2D eigenvalue weighted by molar-refractivity contribution is 8.08. The molecule has 4 rings (SSSR count). The van der Waals surface area contributed by atoms with Crippen molar-refractivity contribution < 1.29 is 9.53 Å². The zero-order valence-electron chi connectivity index (χ0n) is 18.9. The summed E-state index contributed by atoms with van der Waals surface area (Å²) in [6, 6.07) is 20.9. The van der Waals surface area contributed by atoms with Gasteiger partial charge in [0.05, 0.1) is 5.92 Å². The Balaban J connectivity index is 1.59. The molecular formula is C28H34O2S. The number of esters is 1. The molecule has 0 saturated heterocycles. The lowest BCUT2D eigenvalue weighted by molar-refractivity contribution is -0.160. The van der Waals surface area contributed by atoms with Gasteiger partial charge in [0, 0.05) is 16.6 Å². The third-order valence-electron chi connectivity index (χ3n) is 6.96. The third kappa shape index (κ3) is 5.26. The van der Waals surface area contributed by atoms with E-state index < -0.39 is 0 Å². The largest absolute Gasteiger partial charge is 0.462 e. The van der Waals surface area contributed by atoms with Crippen LogP contribution in [0.1, 0.15) is 57.1 Å². The van der Waals surface area contributed by atoms with E-state index in [1.165, 1.54) is 22.5 Å². The summed E-state index contributed by atoms with van der Waals surface area (Å²) in [5.41, 5.74) is 2.41. The standard InChI is InChI=1S/C28H34O2S/c1-19(2)23-15-14-20(3)16-26(23)30-28(29)25-18-31-27(22-12-8-5-9-13-22)17-24(25)21-10-6-4-7-11-21/h4-13,17,19-20,23-26H,14-16,18H2,1-3H3/t20-,23+,24-,25-,26-/m1/s1. The molecule has 0 N–H and O–H groups in total. The summed E-state index contributed by atoms with van der Waals surface area (Å²) in [6.45, 7) is 6.81. The summed E-state index contributed by atoms with van der Waals surface area (Å²) in [5, 5.41) is 0. The summed E-state index contributed by atoms with van der Waals surface area (Å²) in [5.74, 6) is 2.28. The lowest BCUT2D eigenvalue weighted by Gasteiger charge is -2.38. The van der Waals surface area contributed by atoms with Crippen LogP contribution >= 0.6 is 11.8 Å². The summed E-state index contributed by atoms with van der Waals surface area (Å²) < 4.78 is 6.29. The number of benzene rings is 2. The van der Waals surface area contributed by atoms with Crippen molar-refractivity contribution in [1.82, 2.24) is 0 Å². The number of ether oxygens (including phenoxy) is 1. The molecule has 5 atom stereocenters. The van der Waals surface area contributed by atoms with E-state index in [-0.39, 0.29) is 23.9 Å². The Morgan fingerprint density at radius 2 is 1.68 bits per heavy atom. The Hall–Kier alpha value is -2.00. The first-order valence-electron chi connectivity index (χ1n) is 11.7. The van der Waals surface area contributed by atoms with Crippen LogP contribution in [-0.2, 0) is 9.53 Å². The van der Waals surface area contributed by atoms with E-state index in [1.54, 1.807) is 11.8 Å². The van der Waals surface area contributed by atoms with Crippen molar-refractivity contribution in [1.29, 1.82) is 0 Å². The number of thioether (sulfide) groups is 1. The minimum absolute atomic E-state index is 0.0190. The number of carbonyl (C=O) groups is 1. The van der Waals surface area contributed by atoms with Gasteiger partial charge in [-0.3, -0.25) is 4.79 Å². The van der Waals surface area contributed by atoms with Crippen LogP contribution in [0.5, 0.6) is 0 Å². The van der Waals surface area contributed by atoms with Gasteiger partial charge in [0.1, 0.15) is 6.10 Å². The maximum Gasteiger partial charge on any atom is 0.311 e. The molecule has 2 aromatic carbocycles. The zero-order valence-corrected chi connectivity index (χ0v) is 19.7.